The van der Waals surface area contributed by atoms with Gasteiger partial charge in [-0.05, 0) is 44.5 Å². The molecule has 1 fully saturated rings. The maximum Gasteiger partial charge on any atom is 0.263 e. The monoisotopic (exact) mass is 347 g/mol. The molecule has 1 heterocycles. The Hall–Kier alpha value is -1.79. The molecule has 1 aliphatic carbocycles. The van der Waals surface area contributed by atoms with Gasteiger partial charge in [-0.3, -0.25) is 9.69 Å². The summed E-state index contributed by atoms with van der Waals surface area (Å²) in [6, 6.07) is 7.37. The first kappa shape index (κ1) is 17.0. The number of benzene rings is 1. The minimum absolute atomic E-state index is 0.0751. The van der Waals surface area contributed by atoms with E-state index in [2.05, 4.69) is 29.2 Å². The summed E-state index contributed by atoms with van der Waals surface area (Å²) in [4.78, 5) is 19.5. The zero-order valence-corrected chi connectivity index (χ0v) is 14.8. The number of hydrogen-bond acceptors (Lipinski definition) is 4. The Bertz CT molecular complexity index is 697. The molecule has 0 aliphatic heterocycles. The molecule has 0 bridgehead atoms. The van der Waals surface area contributed by atoms with Gasteiger partial charge in [-0.15, -0.1) is 11.3 Å². The lowest BCUT2D eigenvalue weighted by Gasteiger charge is -2.24. The fraction of sp³-hybridized carbons (Fsp3) is 0.444. The van der Waals surface area contributed by atoms with Crippen LogP contribution in [0.5, 0.6) is 0 Å². The van der Waals surface area contributed by atoms with E-state index in [9.17, 15) is 9.18 Å². The highest BCUT2D eigenvalue weighted by molar-refractivity contribution is 7.13. The average molecular weight is 347 g/mol. The Labute approximate surface area is 145 Å². The van der Waals surface area contributed by atoms with Crippen LogP contribution >= 0.6 is 11.3 Å². The summed E-state index contributed by atoms with van der Waals surface area (Å²) in [5.74, 6) is -0.322. The summed E-state index contributed by atoms with van der Waals surface area (Å²) in [5, 5.41) is 3.84. The van der Waals surface area contributed by atoms with Gasteiger partial charge < -0.3 is 5.32 Å². The molecule has 1 N–H and O–H groups in total. The predicted octanol–water partition coefficient (Wildman–Crippen LogP) is 3.09. The highest BCUT2D eigenvalue weighted by Crippen LogP contribution is 2.26. The van der Waals surface area contributed by atoms with E-state index < -0.39 is 0 Å². The minimum Gasteiger partial charge on any atom is -0.350 e. The molecule has 1 unspecified atom stereocenters. The van der Waals surface area contributed by atoms with E-state index in [4.69, 9.17) is 0 Å². The first-order valence-corrected chi connectivity index (χ1v) is 9.04. The third-order valence-corrected chi connectivity index (χ3v) is 5.42. The van der Waals surface area contributed by atoms with Crippen molar-refractivity contribution in [2.45, 2.75) is 38.3 Å². The van der Waals surface area contributed by atoms with Gasteiger partial charge in [0.15, 0.2) is 0 Å². The topological polar surface area (TPSA) is 45.2 Å². The van der Waals surface area contributed by atoms with Crippen LogP contribution in [-0.2, 0) is 6.42 Å². The average Bonchev–Trinajstić information content (AvgIpc) is 3.33. The number of halogens is 1. The lowest BCUT2D eigenvalue weighted by molar-refractivity contribution is 0.0943. The molecule has 1 aromatic heterocycles. The van der Waals surface area contributed by atoms with Crippen molar-refractivity contribution >= 4 is 17.2 Å². The van der Waals surface area contributed by atoms with Gasteiger partial charge >= 0.3 is 0 Å². The number of aromatic nitrogens is 1. The summed E-state index contributed by atoms with van der Waals surface area (Å²) in [7, 11) is 2.11. The van der Waals surface area contributed by atoms with Gasteiger partial charge in [0.25, 0.3) is 5.91 Å². The maximum absolute atomic E-state index is 12.9. The van der Waals surface area contributed by atoms with Gasteiger partial charge in [0.2, 0.25) is 0 Å². The van der Waals surface area contributed by atoms with E-state index in [1.165, 1.54) is 36.3 Å². The number of nitrogens with zero attached hydrogens (tertiary/aromatic N) is 2. The molecule has 1 aromatic carbocycles. The van der Waals surface area contributed by atoms with Gasteiger partial charge in [0.05, 0.1) is 11.2 Å². The number of rotatable bonds is 7. The molecule has 0 saturated heterocycles. The van der Waals surface area contributed by atoms with E-state index in [1.54, 1.807) is 18.3 Å². The highest BCUT2D eigenvalue weighted by atomic mass is 32.1. The number of amides is 1. The quantitative estimate of drug-likeness (QED) is 0.837. The third kappa shape index (κ3) is 4.39. The second kappa shape index (κ2) is 7.40. The lowest BCUT2D eigenvalue weighted by Crippen LogP contribution is -2.41. The molecular weight excluding hydrogens is 325 g/mol. The van der Waals surface area contributed by atoms with Crippen LogP contribution in [0.2, 0.25) is 0 Å². The number of nitrogens with one attached hydrogen (secondary N) is 1. The van der Waals surface area contributed by atoms with Crippen LogP contribution in [0.1, 0.15) is 40.0 Å². The molecule has 1 atom stereocenters. The van der Waals surface area contributed by atoms with Gasteiger partial charge in [0.1, 0.15) is 10.7 Å². The largest absolute Gasteiger partial charge is 0.350 e. The van der Waals surface area contributed by atoms with Crippen molar-refractivity contribution in [1.82, 2.24) is 15.2 Å². The molecule has 1 amide bonds. The molecule has 128 valence electrons. The second-order valence-electron chi connectivity index (χ2n) is 6.38. The molecule has 0 spiro atoms. The van der Waals surface area contributed by atoms with Crippen molar-refractivity contribution in [2.75, 3.05) is 13.6 Å². The number of carbonyl (C=O) groups excluding carboxylic acids is 1. The van der Waals surface area contributed by atoms with Crippen molar-refractivity contribution in [3.63, 3.8) is 0 Å². The second-order valence-corrected chi connectivity index (χ2v) is 7.49. The van der Waals surface area contributed by atoms with Crippen molar-refractivity contribution < 1.29 is 9.18 Å². The van der Waals surface area contributed by atoms with Crippen LogP contribution in [0.3, 0.4) is 0 Å². The number of hydrogen-bond donors (Lipinski definition) is 1. The number of thiazole rings is 1. The van der Waals surface area contributed by atoms with Crippen LogP contribution in [0.15, 0.2) is 30.5 Å². The molecule has 2 aromatic rings. The van der Waals surface area contributed by atoms with Crippen molar-refractivity contribution in [3.05, 3.63) is 51.7 Å². The van der Waals surface area contributed by atoms with E-state index in [-0.39, 0.29) is 11.7 Å². The lowest BCUT2D eigenvalue weighted by atomic mass is 10.2. The zero-order valence-electron chi connectivity index (χ0n) is 14.0. The van der Waals surface area contributed by atoms with Crippen molar-refractivity contribution in [2.24, 2.45) is 0 Å². The zero-order chi connectivity index (χ0) is 17.1. The summed E-state index contributed by atoms with van der Waals surface area (Å²) in [5.41, 5.74) is 0.984. The molecular formula is C18H22FN3OS. The third-order valence-electron chi connectivity index (χ3n) is 4.42. The number of likely N-dealkylation sites (N-methyl/N-ethyl adjacent to an activating group) is 1. The minimum atomic E-state index is -0.247. The Morgan fingerprint density at radius 1 is 1.42 bits per heavy atom. The van der Waals surface area contributed by atoms with E-state index in [0.717, 1.165) is 10.6 Å². The summed E-state index contributed by atoms with van der Waals surface area (Å²) in [6.07, 6.45) is 4.75. The van der Waals surface area contributed by atoms with Crippen LogP contribution < -0.4 is 5.32 Å². The molecule has 3 rings (SSSR count). The molecule has 4 nitrogen and oxygen atoms in total. The van der Waals surface area contributed by atoms with E-state index in [1.807, 2.05) is 0 Å². The van der Waals surface area contributed by atoms with Crippen LogP contribution in [0.25, 0.3) is 0 Å². The van der Waals surface area contributed by atoms with E-state index >= 15 is 0 Å². The summed E-state index contributed by atoms with van der Waals surface area (Å²) in [6.45, 7) is 2.77. The predicted molar refractivity (Wildman–Crippen MR) is 93.9 cm³/mol. The van der Waals surface area contributed by atoms with E-state index in [0.29, 0.717) is 29.9 Å². The van der Waals surface area contributed by atoms with Gasteiger partial charge in [-0.2, -0.15) is 0 Å². The van der Waals surface area contributed by atoms with Crippen molar-refractivity contribution in [1.29, 1.82) is 0 Å². The Balaban J connectivity index is 1.52. The fourth-order valence-corrected chi connectivity index (χ4v) is 3.46. The molecule has 24 heavy (non-hydrogen) atoms. The smallest absolute Gasteiger partial charge is 0.263 e. The van der Waals surface area contributed by atoms with Crippen molar-refractivity contribution in [3.8, 4) is 0 Å². The summed E-state index contributed by atoms with van der Waals surface area (Å²) < 4.78 is 12.9. The Kier molecular flexibility index (Phi) is 5.26. The molecule has 0 radical (unpaired) electrons. The van der Waals surface area contributed by atoms with Crippen LogP contribution in [0.4, 0.5) is 4.39 Å². The standard InChI is InChI=1S/C18H22FN3OS/c1-12(22(2)15-7-8-15)10-21-18(23)16-11-20-17(24-16)9-13-3-5-14(19)6-4-13/h3-6,11-12,15H,7-10H2,1-2H3,(H,21,23). The maximum atomic E-state index is 12.9. The van der Waals surface area contributed by atoms with Crippen LogP contribution in [-0.4, -0.2) is 41.5 Å². The van der Waals surface area contributed by atoms with Gasteiger partial charge in [-0.25, -0.2) is 9.37 Å². The van der Waals surface area contributed by atoms with Gasteiger partial charge in [0, 0.05) is 25.0 Å². The number of carbonyl (C=O) groups is 1. The molecule has 1 saturated carbocycles. The summed E-state index contributed by atoms with van der Waals surface area (Å²) >= 11 is 1.39. The first-order valence-electron chi connectivity index (χ1n) is 8.22. The molecule has 6 heteroatoms. The highest BCUT2D eigenvalue weighted by Gasteiger charge is 2.29. The SMILES string of the molecule is CC(CNC(=O)c1cnc(Cc2ccc(F)cc2)s1)N(C)C1CC1. The Morgan fingerprint density at radius 2 is 2.12 bits per heavy atom. The normalized spacial score (nSPS) is 15.5. The fourth-order valence-electron chi connectivity index (χ4n) is 2.59. The Morgan fingerprint density at radius 3 is 2.79 bits per heavy atom. The molecule has 1 aliphatic rings. The van der Waals surface area contributed by atoms with Crippen LogP contribution in [0, 0.1) is 5.82 Å². The first-order chi connectivity index (χ1) is 11.5. The van der Waals surface area contributed by atoms with Gasteiger partial charge in [-0.1, -0.05) is 12.1 Å².